The van der Waals surface area contributed by atoms with Gasteiger partial charge in [-0.1, -0.05) is 60.7 Å². The number of rotatable bonds is 8. The molecule has 0 saturated heterocycles. The van der Waals surface area contributed by atoms with Crippen LogP contribution < -0.4 is 13.7 Å². The second-order valence-corrected chi connectivity index (χ2v) is 30.0. The van der Waals surface area contributed by atoms with Crippen molar-refractivity contribution in [3.8, 4) is 11.1 Å². The molecule has 0 bridgehead atoms. The summed E-state index contributed by atoms with van der Waals surface area (Å²) < 4.78 is 6.14. The monoisotopic (exact) mass is 710 g/mol. The zero-order chi connectivity index (χ0) is 28.5. The third kappa shape index (κ3) is 7.37. The molecule has 0 radical (unpaired) electrons. The SMILES string of the molecule is CCC(C)[NH][Hf]([C]1=C(C)C(C)=C(C)C1C)[SiH](c1ccccc1)c1ccccc1.c1ccc(-c2ccccc2)cc1. The Balaban J connectivity index is 0.000000255. The van der Waals surface area contributed by atoms with E-state index in [4.69, 9.17) is 0 Å². The summed E-state index contributed by atoms with van der Waals surface area (Å²) in [5.74, 6) is -0.691. The van der Waals surface area contributed by atoms with E-state index in [9.17, 15) is 0 Å². The van der Waals surface area contributed by atoms with Gasteiger partial charge in [0.1, 0.15) is 0 Å². The standard InChI is InChI=1S/C12H11Si.C12H10.C9H13.C4H10N.Hf/c1-3-7-11(8-4-1)13-12-9-5-2-6-10-12;1-3-7-11(8-4-1)12-9-5-2-6-10-12;1-6-5-7(2)9(4)8(6)3;1-3-4(2)5;/h1-10,13H;1-10H;6H,1-4H3;4-5H,3H2,1-2H3;/q;;;-1;+1. The van der Waals surface area contributed by atoms with E-state index < -0.39 is 26.9 Å². The van der Waals surface area contributed by atoms with Gasteiger partial charge in [-0.05, 0) is 11.1 Å². The molecule has 1 N–H and O–H groups in total. The average molecular weight is 709 g/mol. The Hall–Kier alpha value is -2.59. The van der Waals surface area contributed by atoms with E-state index in [1.54, 1.807) is 27.1 Å². The summed E-state index contributed by atoms with van der Waals surface area (Å²) in [6.07, 6.45) is 1.20. The van der Waals surface area contributed by atoms with E-state index >= 15 is 0 Å². The molecule has 40 heavy (non-hydrogen) atoms. The molecule has 4 aromatic carbocycles. The first-order chi connectivity index (χ1) is 19.4. The molecule has 2 atom stereocenters. The topological polar surface area (TPSA) is 12.0 Å². The quantitative estimate of drug-likeness (QED) is 0.183. The first-order valence-corrected chi connectivity index (χ1v) is 26.2. The molecule has 0 aliphatic heterocycles. The van der Waals surface area contributed by atoms with Crippen molar-refractivity contribution in [2.24, 2.45) is 5.92 Å². The number of hydrogen-bond donors (Lipinski definition) is 1. The minimum absolute atomic E-state index is 0.596. The van der Waals surface area contributed by atoms with Crippen molar-refractivity contribution in [2.75, 3.05) is 0 Å². The van der Waals surface area contributed by atoms with Crippen LogP contribution in [0.1, 0.15) is 48.0 Å². The summed E-state index contributed by atoms with van der Waals surface area (Å²) in [7, 11) is 0. The Morgan fingerprint density at radius 1 is 0.650 bits per heavy atom. The number of allylic oxidation sites excluding steroid dienone is 4. The van der Waals surface area contributed by atoms with Gasteiger partial charge in [-0.25, -0.2) is 0 Å². The van der Waals surface area contributed by atoms with Crippen LogP contribution in [0.2, 0.25) is 0 Å². The van der Waals surface area contributed by atoms with Crippen LogP contribution >= 0.6 is 0 Å². The van der Waals surface area contributed by atoms with Crippen molar-refractivity contribution < 1.29 is 20.9 Å². The van der Waals surface area contributed by atoms with Gasteiger partial charge < -0.3 is 0 Å². The van der Waals surface area contributed by atoms with Crippen molar-refractivity contribution in [1.82, 2.24) is 3.30 Å². The zero-order valence-corrected chi connectivity index (χ0v) is 29.7. The largest absolute Gasteiger partial charge is 0.0622 e. The van der Waals surface area contributed by atoms with Gasteiger partial charge in [-0.2, -0.15) is 0 Å². The Bertz CT molecular complexity index is 1320. The maximum absolute atomic E-state index is 4.30. The number of nitrogens with one attached hydrogen (secondary N) is 1. The Kier molecular flexibility index (Phi) is 11.3. The van der Waals surface area contributed by atoms with Crippen molar-refractivity contribution in [3.05, 3.63) is 141 Å². The van der Waals surface area contributed by atoms with Crippen LogP contribution in [-0.2, 0) is 20.9 Å². The van der Waals surface area contributed by atoms with Gasteiger partial charge in [-0.15, -0.1) is 0 Å². The molecule has 0 amide bonds. The van der Waals surface area contributed by atoms with E-state index in [0.29, 0.717) is 12.0 Å². The Labute approximate surface area is 251 Å². The summed E-state index contributed by atoms with van der Waals surface area (Å²) in [4.78, 5) is 0. The van der Waals surface area contributed by atoms with Crippen molar-refractivity contribution >= 4 is 16.4 Å². The molecule has 1 aliphatic carbocycles. The molecule has 0 saturated carbocycles. The fourth-order valence-electron chi connectivity index (χ4n) is 5.56. The molecule has 2 unspecified atom stereocenters. The van der Waals surface area contributed by atoms with Crippen molar-refractivity contribution in [3.63, 3.8) is 0 Å². The summed E-state index contributed by atoms with van der Waals surface area (Å²) in [6.45, 7) is 14.2. The molecule has 4 aromatic rings. The summed E-state index contributed by atoms with van der Waals surface area (Å²) in [6, 6.07) is 44.2. The molecule has 0 fully saturated rings. The van der Waals surface area contributed by atoms with Crippen LogP contribution in [0.3, 0.4) is 0 Å². The van der Waals surface area contributed by atoms with Crippen LogP contribution in [0, 0.1) is 5.92 Å². The molecule has 0 aromatic heterocycles. The maximum Gasteiger partial charge on any atom is -0.0184 e. The normalized spacial score (nSPS) is 15.6. The van der Waals surface area contributed by atoms with Gasteiger partial charge in [0.25, 0.3) is 0 Å². The first kappa shape index (κ1) is 30.4. The first-order valence-electron chi connectivity index (χ1n) is 14.6. The van der Waals surface area contributed by atoms with Crippen LogP contribution in [0.5, 0.6) is 0 Å². The zero-order valence-electron chi connectivity index (χ0n) is 25.0. The second kappa shape index (κ2) is 14.9. The molecule has 205 valence electrons. The van der Waals surface area contributed by atoms with E-state index in [-0.39, 0.29) is 0 Å². The molecular weight excluding hydrogens is 665 g/mol. The number of hydrogen-bond acceptors (Lipinski definition) is 1. The smallest absolute Gasteiger partial charge is 0.0184 e. The third-order valence-electron chi connectivity index (χ3n) is 8.38. The van der Waals surface area contributed by atoms with Crippen LogP contribution in [0.25, 0.3) is 11.1 Å². The van der Waals surface area contributed by atoms with E-state index in [1.165, 1.54) is 17.5 Å². The summed E-state index contributed by atoms with van der Waals surface area (Å²) in [5.41, 5.74) is 7.29. The summed E-state index contributed by atoms with van der Waals surface area (Å²) >= 11 is -2.36. The average Bonchev–Trinajstić information content (AvgIpc) is 3.21. The predicted octanol–water partition coefficient (Wildman–Crippen LogP) is 8.06. The predicted molar refractivity (Wildman–Crippen MR) is 174 cm³/mol. The third-order valence-corrected chi connectivity index (χ3v) is 36.3. The fraction of sp³-hybridized carbons (Fsp3) is 0.243. The summed E-state index contributed by atoms with van der Waals surface area (Å²) in [5, 5.41) is 3.22. The van der Waals surface area contributed by atoms with Crippen LogP contribution in [0.4, 0.5) is 0 Å². The van der Waals surface area contributed by atoms with E-state index in [2.05, 4.69) is 154 Å². The van der Waals surface area contributed by atoms with Crippen LogP contribution in [0.15, 0.2) is 141 Å². The van der Waals surface area contributed by atoms with Gasteiger partial charge in [0.05, 0.1) is 0 Å². The molecule has 1 nitrogen and oxygen atoms in total. The fourth-order valence-corrected chi connectivity index (χ4v) is 38.7. The molecule has 0 heterocycles. The molecule has 5 rings (SSSR count). The van der Waals surface area contributed by atoms with Gasteiger partial charge in [0.2, 0.25) is 0 Å². The minimum atomic E-state index is -2.36. The number of benzene rings is 4. The van der Waals surface area contributed by atoms with Gasteiger partial charge >= 0.3 is 181 Å². The van der Waals surface area contributed by atoms with Crippen molar-refractivity contribution in [2.45, 2.75) is 54.0 Å². The maximum atomic E-state index is 4.30. The Morgan fingerprint density at radius 2 is 1.05 bits per heavy atom. The molecule has 3 heteroatoms. The molecular formula is C37H44HfNSi. The van der Waals surface area contributed by atoms with E-state index in [1.807, 2.05) is 15.5 Å². The van der Waals surface area contributed by atoms with Crippen LogP contribution in [-0.4, -0.2) is 12.0 Å². The van der Waals surface area contributed by atoms with Gasteiger partial charge in [0, 0.05) is 0 Å². The Morgan fingerprint density at radius 3 is 1.40 bits per heavy atom. The van der Waals surface area contributed by atoms with E-state index in [0.717, 1.165) is 0 Å². The molecule has 0 spiro atoms. The second-order valence-electron chi connectivity index (χ2n) is 10.9. The van der Waals surface area contributed by atoms with Crippen molar-refractivity contribution in [1.29, 1.82) is 0 Å². The van der Waals surface area contributed by atoms with Gasteiger partial charge in [-0.3, -0.25) is 0 Å². The van der Waals surface area contributed by atoms with Gasteiger partial charge in [0.15, 0.2) is 0 Å². The minimum Gasteiger partial charge on any atom is -0.0622 e. The molecule has 1 aliphatic rings.